The fraction of sp³-hybridized carbons (Fsp3) is 0.160. The molecule has 0 aliphatic carbocycles. The Morgan fingerprint density at radius 2 is 1.65 bits per heavy atom. The number of ether oxygens (including phenoxy) is 1. The highest BCUT2D eigenvalue weighted by atomic mass is 32.2. The third-order valence-corrected chi connectivity index (χ3v) is 6.98. The van der Waals surface area contributed by atoms with Crippen molar-refractivity contribution in [3.8, 4) is 5.75 Å². The van der Waals surface area contributed by atoms with Crippen molar-refractivity contribution in [2.45, 2.75) is 24.7 Å². The van der Waals surface area contributed by atoms with Gasteiger partial charge in [0.05, 0.1) is 17.5 Å². The van der Waals surface area contributed by atoms with E-state index in [2.05, 4.69) is 6.92 Å². The summed E-state index contributed by atoms with van der Waals surface area (Å²) >= 11 is 0. The molecular formula is C25H23NO4S. The first kappa shape index (κ1) is 20.9. The number of rotatable bonds is 7. The highest BCUT2D eigenvalue weighted by molar-refractivity contribution is 7.90. The molecule has 0 radical (unpaired) electrons. The van der Waals surface area contributed by atoms with Gasteiger partial charge < -0.3 is 4.74 Å². The number of nitrogens with zero attached hydrogens (tertiary/aromatic N) is 1. The first-order chi connectivity index (χ1) is 15.0. The van der Waals surface area contributed by atoms with Crippen LogP contribution in [0.5, 0.6) is 5.75 Å². The van der Waals surface area contributed by atoms with E-state index in [0.29, 0.717) is 22.2 Å². The maximum Gasteiger partial charge on any atom is 0.268 e. The third kappa shape index (κ3) is 3.86. The van der Waals surface area contributed by atoms with E-state index < -0.39 is 10.0 Å². The summed E-state index contributed by atoms with van der Waals surface area (Å²) < 4.78 is 33.5. The van der Waals surface area contributed by atoms with E-state index in [1.165, 1.54) is 12.1 Å². The summed E-state index contributed by atoms with van der Waals surface area (Å²) in [5.74, 6) is 0.238. The average Bonchev–Trinajstić information content (AvgIpc) is 3.19. The summed E-state index contributed by atoms with van der Waals surface area (Å²) in [6.45, 7) is 2.10. The third-order valence-electron chi connectivity index (χ3n) is 5.23. The fourth-order valence-corrected chi connectivity index (χ4v) is 5.20. The van der Waals surface area contributed by atoms with Crippen LogP contribution >= 0.6 is 0 Å². The predicted octanol–water partition coefficient (Wildman–Crippen LogP) is 5.07. The Morgan fingerprint density at radius 1 is 0.935 bits per heavy atom. The van der Waals surface area contributed by atoms with E-state index in [0.717, 1.165) is 22.4 Å². The Bertz CT molecular complexity index is 1340. The van der Waals surface area contributed by atoms with Gasteiger partial charge in [-0.3, -0.25) is 4.79 Å². The van der Waals surface area contributed by atoms with E-state index in [1.54, 1.807) is 61.7 Å². The minimum absolute atomic E-state index is 0.0929. The number of aryl methyl sites for hydroxylation is 1. The minimum atomic E-state index is -3.99. The van der Waals surface area contributed by atoms with Crippen molar-refractivity contribution < 1.29 is 17.9 Å². The topological polar surface area (TPSA) is 65.4 Å². The van der Waals surface area contributed by atoms with Gasteiger partial charge in [0.1, 0.15) is 11.4 Å². The summed E-state index contributed by atoms with van der Waals surface area (Å²) in [7, 11) is -2.44. The smallest absolute Gasteiger partial charge is 0.268 e. The lowest BCUT2D eigenvalue weighted by Crippen LogP contribution is -2.19. The van der Waals surface area contributed by atoms with E-state index in [4.69, 9.17) is 4.74 Å². The second-order valence-corrected chi connectivity index (χ2v) is 9.10. The van der Waals surface area contributed by atoms with Crippen LogP contribution in [-0.4, -0.2) is 25.3 Å². The molecule has 0 atom stereocenters. The molecule has 3 aromatic carbocycles. The highest BCUT2D eigenvalue weighted by Crippen LogP contribution is 2.30. The molecule has 4 rings (SSSR count). The lowest BCUT2D eigenvalue weighted by atomic mass is 10.0. The van der Waals surface area contributed by atoms with Gasteiger partial charge in [0.25, 0.3) is 10.0 Å². The molecule has 1 aromatic heterocycles. The van der Waals surface area contributed by atoms with Crippen LogP contribution in [0, 0.1) is 0 Å². The van der Waals surface area contributed by atoms with Gasteiger partial charge in [-0.2, -0.15) is 0 Å². The number of fused-ring (bicyclic) bond motifs is 1. The molecule has 0 amide bonds. The average molecular weight is 434 g/mol. The molecule has 0 saturated heterocycles. The van der Waals surface area contributed by atoms with E-state index >= 15 is 0 Å². The number of methoxy groups -OCH3 is 1. The predicted molar refractivity (Wildman–Crippen MR) is 121 cm³/mol. The van der Waals surface area contributed by atoms with Crippen LogP contribution in [0.15, 0.2) is 83.8 Å². The molecule has 0 unspecified atom stereocenters. The Morgan fingerprint density at radius 3 is 2.29 bits per heavy atom. The largest absolute Gasteiger partial charge is 0.497 e. The van der Waals surface area contributed by atoms with Crippen LogP contribution < -0.4 is 4.74 Å². The van der Waals surface area contributed by atoms with Crippen LogP contribution in [0.1, 0.15) is 35.0 Å². The van der Waals surface area contributed by atoms with E-state index in [1.807, 2.05) is 12.1 Å². The monoisotopic (exact) mass is 433 g/mol. The summed E-state index contributed by atoms with van der Waals surface area (Å²) in [4.78, 5) is 13.5. The highest BCUT2D eigenvalue weighted by Gasteiger charge is 2.27. The number of hydrogen-bond acceptors (Lipinski definition) is 4. The lowest BCUT2D eigenvalue weighted by Gasteiger charge is -2.12. The zero-order chi connectivity index (χ0) is 22.0. The number of carbonyl (C=O) groups is 1. The molecule has 0 saturated carbocycles. The first-order valence-electron chi connectivity index (χ1n) is 10.1. The second kappa shape index (κ2) is 8.40. The van der Waals surface area contributed by atoms with Crippen LogP contribution in [0.3, 0.4) is 0 Å². The maximum absolute atomic E-state index is 13.5. The van der Waals surface area contributed by atoms with Gasteiger partial charge in [-0.05, 0) is 48.4 Å². The van der Waals surface area contributed by atoms with Gasteiger partial charge in [-0.15, -0.1) is 0 Å². The zero-order valence-corrected chi connectivity index (χ0v) is 18.2. The van der Waals surface area contributed by atoms with Crippen molar-refractivity contribution >= 4 is 26.7 Å². The Kier molecular flexibility index (Phi) is 5.65. The van der Waals surface area contributed by atoms with Crippen LogP contribution in [-0.2, 0) is 16.4 Å². The van der Waals surface area contributed by atoms with Gasteiger partial charge in [-0.25, -0.2) is 12.4 Å². The van der Waals surface area contributed by atoms with Crippen molar-refractivity contribution in [3.05, 3.63) is 95.7 Å². The van der Waals surface area contributed by atoms with Crippen LogP contribution in [0.2, 0.25) is 0 Å². The van der Waals surface area contributed by atoms with Crippen molar-refractivity contribution in [1.82, 2.24) is 3.97 Å². The second-order valence-electron chi connectivity index (χ2n) is 7.31. The molecule has 5 nitrogen and oxygen atoms in total. The summed E-state index contributed by atoms with van der Waals surface area (Å²) in [5.41, 5.74) is 2.10. The van der Waals surface area contributed by atoms with E-state index in [-0.39, 0.29) is 16.4 Å². The molecule has 0 aliphatic rings. The molecular weight excluding hydrogens is 410 g/mol. The quantitative estimate of drug-likeness (QED) is 0.382. The van der Waals surface area contributed by atoms with Crippen molar-refractivity contribution in [3.63, 3.8) is 0 Å². The normalized spacial score (nSPS) is 11.5. The molecule has 0 bridgehead atoms. The molecule has 4 aromatic rings. The maximum atomic E-state index is 13.5. The molecule has 0 N–H and O–H groups in total. The van der Waals surface area contributed by atoms with Gasteiger partial charge in [0, 0.05) is 10.9 Å². The number of ketones is 1. The summed E-state index contributed by atoms with van der Waals surface area (Å²) in [5, 5.41) is 0.616. The van der Waals surface area contributed by atoms with Gasteiger partial charge in [-0.1, -0.05) is 55.8 Å². The molecule has 6 heteroatoms. The molecule has 0 aliphatic heterocycles. The molecule has 0 spiro atoms. The van der Waals surface area contributed by atoms with Crippen molar-refractivity contribution in [2.24, 2.45) is 0 Å². The molecule has 31 heavy (non-hydrogen) atoms. The van der Waals surface area contributed by atoms with Gasteiger partial charge >= 0.3 is 0 Å². The summed E-state index contributed by atoms with van der Waals surface area (Å²) in [6, 6.07) is 22.2. The Hall–Kier alpha value is -3.38. The minimum Gasteiger partial charge on any atom is -0.497 e. The van der Waals surface area contributed by atoms with Crippen LogP contribution in [0.4, 0.5) is 0 Å². The van der Waals surface area contributed by atoms with E-state index in [9.17, 15) is 13.2 Å². The number of carbonyl (C=O) groups excluding carboxylic acids is 1. The summed E-state index contributed by atoms with van der Waals surface area (Å²) in [6.07, 6.45) is 1.94. The molecule has 1 heterocycles. The van der Waals surface area contributed by atoms with Crippen LogP contribution in [0.25, 0.3) is 10.9 Å². The number of aromatic nitrogens is 1. The number of hydrogen-bond donors (Lipinski definition) is 0. The zero-order valence-electron chi connectivity index (χ0n) is 17.4. The molecule has 0 fully saturated rings. The number of benzene rings is 3. The van der Waals surface area contributed by atoms with Gasteiger partial charge in [0.2, 0.25) is 5.78 Å². The fourth-order valence-electron chi connectivity index (χ4n) is 3.67. The standard InChI is InChI=1S/C25H23NO4S/c1-3-7-18-10-12-19(13-11-18)25(27)24-17-20-16-21(30-2)14-15-23(20)26(24)31(28,29)22-8-5-4-6-9-22/h4-6,8-17H,3,7H2,1-2H3. The Labute approximate surface area is 182 Å². The van der Waals surface area contributed by atoms with Crippen molar-refractivity contribution in [2.75, 3.05) is 7.11 Å². The Balaban J connectivity index is 1.92. The SMILES string of the molecule is CCCc1ccc(C(=O)c2cc3cc(OC)ccc3n2S(=O)(=O)c2ccccc2)cc1. The van der Waals surface area contributed by atoms with Crippen molar-refractivity contribution in [1.29, 1.82) is 0 Å². The molecule has 158 valence electrons. The lowest BCUT2D eigenvalue weighted by molar-refractivity contribution is 0.103. The van der Waals surface area contributed by atoms with Gasteiger partial charge in [0.15, 0.2) is 0 Å². The first-order valence-corrected chi connectivity index (χ1v) is 11.5.